The van der Waals surface area contributed by atoms with E-state index in [4.69, 9.17) is 0 Å². The molecule has 0 bridgehead atoms. The third kappa shape index (κ3) is 4.18. The first-order chi connectivity index (χ1) is 14.6. The molecule has 2 aromatic carbocycles. The van der Waals surface area contributed by atoms with E-state index in [2.05, 4.69) is 59.1 Å². The molecule has 8 heteroatoms. The molecule has 156 valence electrons. The number of hydrogen-bond acceptors (Lipinski definition) is 5. The number of fused-ring (bicyclic) bond motifs is 1. The van der Waals surface area contributed by atoms with Crippen LogP contribution in [0.25, 0.3) is 0 Å². The van der Waals surface area contributed by atoms with Crippen molar-refractivity contribution in [1.29, 1.82) is 0 Å². The molecule has 0 radical (unpaired) electrons. The number of nitrogens with zero attached hydrogens (tertiary/aromatic N) is 3. The molecular formula is C22H24FN5OS. The standard InChI is InChI=1S/C22H24FN5OS/c1-3-5-18-25-26-22-28(18)27-19(15-8-6-14(4-2)7-9-15)20(30-22)21(29)24-17-12-10-16(23)11-13-17/h6-13,19-20,27H,3-5H2,1-2H3,(H,24,29)/t19-,20-/m0/s1. The Balaban J connectivity index is 1.65. The summed E-state index contributed by atoms with van der Waals surface area (Å²) in [5, 5.41) is 11.7. The normalized spacial score (nSPS) is 17.8. The van der Waals surface area contributed by atoms with Gasteiger partial charge in [-0.2, -0.15) is 0 Å². The van der Waals surface area contributed by atoms with E-state index >= 15 is 0 Å². The van der Waals surface area contributed by atoms with Crippen molar-refractivity contribution in [2.75, 3.05) is 10.7 Å². The minimum Gasteiger partial charge on any atom is -0.325 e. The van der Waals surface area contributed by atoms with Gasteiger partial charge in [-0.3, -0.25) is 4.79 Å². The van der Waals surface area contributed by atoms with Gasteiger partial charge < -0.3 is 10.7 Å². The first-order valence-corrected chi connectivity index (χ1v) is 11.0. The van der Waals surface area contributed by atoms with E-state index in [1.807, 2.05) is 4.68 Å². The summed E-state index contributed by atoms with van der Waals surface area (Å²) in [7, 11) is 0. The predicted octanol–water partition coefficient (Wildman–Crippen LogP) is 4.33. The highest BCUT2D eigenvalue weighted by atomic mass is 32.2. The molecule has 2 atom stereocenters. The van der Waals surface area contributed by atoms with Crippen molar-refractivity contribution in [3.63, 3.8) is 0 Å². The fourth-order valence-corrected chi connectivity index (χ4v) is 4.54. The molecule has 1 amide bonds. The lowest BCUT2D eigenvalue weighted by atomic mass is 10.0. The summed E-state index contributed by atoms with van der Waals surface area (Å²) in [6.45, 7) is 4.21. The van der Waals surface area contributed by atoms with Crippen molar-refractivity contribution in [2.45, 2.75) is 49.6 Å². The zero-order valence-electron chi connectivity index (χ0n) is 16.9. The van der Waals surface area contributed by atoms with Gasteiger partial charge in [-0.05, 0) is 48.2 Å². The summed E-state index contributed by atoms with van der Waals surface area (Å²) in [6, 6.07) is 13.8. The number of benzene rings is 2. The molecule has 2 heterocycles. The number of aryl methyl sites for hydroxylation is 2. The van der Waals surface area contributed by atoms with E-state index in [0.29, 0.717) is 10.8 Å². The monoisotopic (exact) mass is 425 g/mol. The average Bonchev–Trinajstić information content (AvgIpc) is 3.16. The number of carbonyl (C=O) groups is 1. The highest BCUT2D eigenvalue weighted by Gasteiger charge is 2.37. The van der Waals surface area contributed by atoms with Crippen LogP contribution in [0.2, 0.25) is 0 Å². The fraction of sp³-hybridized carbons (Fsp3) is 0.318. The molecular weight excluding hydrogens is 401 g/mol. The summed E-state index contributed by atoms with van der Waals surface area (Å²) in [4.78, 5) is 13.2. The van der Waals surface area contributed by atoms with Crippen LogP contribution in [0.1, 0.15) is 43.3 Å². The zero-order chi connectivity index (χ0) is 21.1. The highest BCUT2D eigenvalue weighted by molar-refractivity contribution is 8.00. The van der Waals surface area contributed by atoms with Gasteiger partial charge in [0.25, 0.3) is 0 Å². The Labute approximate surface area is 179 Å². The van der Waals surface area contributed by atoms with Crippen LogP contribution >= 0.6 is 11.8 Å². The van der Waals surface area contributed by atoms with E-state index < -0.39 is 5.25 Å². The second-order valence-electron chi connectivity index (χ2n) is 7.22. The molecule has 6 nitrogen and oxygen atoms in total. The number of amides is 1. The Kier molecular flexibility index (Phi) is 6.03. The Morgan fingerprint density at radius 1 is 1.13 bits per heavy atom. The first kappa shape index (κ1) is 20.4. The Bertz CT molecular complexity index is 1020. The van der Waals surface area contributed by atoms with Crippen LogP contribution in [0.3, 0.4) is 0 Å². The lowest BCUT2D eigenvalue weighted by Gasteiger charge is -2.33. The number of carbonyl (C=O) groups excluding carboxylic acids is 1. The number of rotatable bonds is 6. The van der Waals surface area contributed by atoms with Gasteiger partial charge in [-0.25, -0.2) is 9.07 Å². The van der Waals surface area contributed by atoms with Gasteiger partial charge in [0.15, 0.2) is 5.82 Å². The number of thioether (sulfide) groups is 1. The van der Waals surface area contributed by atoms with Crippen molar-refractivity contribution >= 4 is 23.4 Å². The van der Waals surface area contributed by atoms with Gasteiger partial charge in [-0.1, -0.05) is 49.9 Å². The molecule has 1 aliphatic heterocycles. The average molecular weight is 426 g/mol. The molecule has 0 aliphatic carbocycles. The largest absolute Gasteiger partial charge is 0.325 e. The highest BCUT2D eigenvalue weighted by Crippen LogP contribution is 2.37. The SMILES string of the molecule is CCCc1nnc2n1N[C@@H](c1ccc(CC)cc1)[C@@H](C(=O)Nc1ccc(F)cc1)S2. The molecule has 0 unspecified atom stereocenters. The lowest BCUT2D eigenvalue weighted by molar-refractivity contribution is -0.116. The van der Waals surface area contributed by atoms with Crippen LogP contribution < -0.4 is 10.7 Å². The second-order valence-corrected chi connectivity index (χ2v) is 8.33. The Hall–Kier alpha value is -2.87. The molecule has 0 spiro atoms. The number of nitrogens with one attached hydrogen (secondary N) is 2. The van der Waals surface area contributed by atoms with Gasteiger partial charge in [0.05, 0.1) is 6.04 Å². The van der Waals surface area contributed by atoms with Crippen molar-refractivity contribution in [3.8, 4) is 0 Å². The maximum atomic E-state index is 13.2. The Morgan fingerprint density at radius 2 is 1.87 bits per heavy atom. The molecule has 2 N–H and O–H groups in total. The van der Waals surface area contributed by atoms with Crippen molar-refractivity contribution in [2.24, 2.45) is 0 Å². The molecule has 1 aliphatic rings. The minimum absolute atomic E-state index is 0.171. The van der Waals surface area contributed by atoms with E-state index in [0.717, 1.165) is 30.7 Å². The molecule has 4 rings (SSSR count). The fourth-order valence-electron chi connectivity index (χ4n) is 3.44. The molecule has 0 fully saturated rings. The molecule has 1 aromatic heterocycles. The molecule has 3 aromatic rings. The summed E-state index contributed by atoms with van der Waals surface area (Å²) < 4.78 is 15.1. The first-order valence-electron chi connectivity index (χ1n) is 10.1. The van der Waals surface area contributed by atoms with Crippen LogP contribution in [-0.4, -0.2) is 26.0 Å². The van der Waals surface area contributed by atoms with Crippen molar-refractivity contribution < 1.29 is 9.18 Å². The molecule has 0 saturated heterocycles. The maximum Gasteiger partial charge on any atom is 0.240 e. The summed E-state index contributed by atoms with van der Waals surface area (Å²) in [5.41, 5.74) is 6.27. The van der Waals surface area contributed by atoms with E-state index in [9.17, 15) is 9.18 Å². The van der Waals surface area contributed by atoms with E-state index in [-0.39, 0.29) is 17.8 Å². The smallest absolute Gasteiger partial charge is 0.240 e. The van der Waals surface area contributed by atoms with Gasteiger partial charge in [-0.15, -0.1) is 10.2 Å². The van der Waals surface area contributed by atoms with Crippen LogP contribution in [-0.2, 0) is 17.6 Å². The quantitative estimate of drug-likeness (QED) is 0.615. The topological polar surface area (TPSA) is 71.8 Å². The van der Waals surface area contributed by atoms with Gasteiger partial charge in [0, 0.05) is 12.1 Å². The third-order valence-electron chi connectivity index (χ3n) is 5.09. The van der Waals surface area contributed by atoms with Gasteiger partial charge >= 0.3 is 0 Å². The second kappa shape index (κ2) is 8.87. The lowest BCUT2D eigenvalue weighted by Crippen LogP contribution is -2.41. The van der Waals surface area contributed by atoms with Crippen LogP contribution in [0.4, 0.5) is 10.1 Å². The van der Waals surface area contributed by atoms with Gasteiger partial charge in [0.1, 0.15) is 11.1 Å². The molecule has 0 saturated carbocycles. The third-order valence-corrected chi connectivity index (χ3v) is 6.31. The van der Waals surface area contributed by atoms with Crippen LogP contribution in [0, 0.1) is 5.82 Å². The predicted molar refractivity (Wildman–Crippen MR) is 117 cm³/mol. The summed E-state index contributed by atoms with van der Waals surface area (Å²) >= 11 is 1.39. The number of hydrogen-bond donors (Lipinski definition) is 2. The summed E-state index contributed by atoms with van der Waals surface area (Å²) in [5.74, 6) is 0.342. The van der Waals surface area contributed by atoms with Crippen LogP contribution in [0.5, 0.6) is 0 Å². The Morgan fingerprint density at radius 3 is 2.53 bits per heavy atom. The van der Waals surface area contributed by atoms with E-state index in [1.54, 1.807) is 12.1 Å². The molecule has 30 heavy (non-hydrogen) atoms. The van der Waals surface area contributed by atoms with Gasteiger partial charge in [0.2, 0.25) is 11.1 Å². The van der Waals surface area contributed by atoms with E-state index in [1.165, 1.54) is 29.5 Å². The number of anilines is 1. The minimum atomic E-state index is -0.464. The number of aromatic nitrogens is 3. The van der Waals surface area contributed by atoms with Crippen molar-refractivity contribution in [1.82, 2.24) is 14.9 Å². The number of halogens is 1. The van der Waals surface area contributed by atoms with Crippen LogP contribution in [0.15, 0.2) is 53.7 Å². The summed E-state index contributed by atoms with van der Waals surface area (Å²) in [6.07, 6.45) is 2.71. The maximum absolute atomic E-state index is 13.2. The van der Waals surface area contributed by atoms with Crippen molar-refractivity contribution in [3.05, 3.63) is 71.3 Å². The zero-order valence-corrected chi connectivity index (χ0v) is 17.7.